The molecule has 3 N–H and O–H groups in total. The van der Waals surface area contributed by atoms with E-state index < -0.39 is 0 Å². The van der Waals surface area contributed by atoms with Crippen molar-refractivity contribution in [2.75, 3.05) is 13.7 Å². The number of carbonyl (C=O) groups is 1. The van der Waals surface area contributed by atoms with Crippen LogP contribution >= 0.6 is 12.2 Å². The molecule has 122 valence electrons. The van der Waals surface area contributed by atoms with E-state index in [-0.39, 0.29) is 18.4 Å². The molecule has 2 aromatic carbocycles. The van der Waals surface area contributed by atoms with E-state index >= 15 is 0 Å². The van der Waals surface area contributed by atoms with E-state index in [0.717, 1.165) is 16.3 Å². The van der Waals surface area contributed by atoms with Gasteiger partial charge in [0.05, 0.1) is 13.0 Å². The minimum Gasteiger partial charge on any atom is -0.383 e. The van der Waals surface area contributed by atoms with Crippen LogP contribution in [0.4, 0.5) is 0 Å². The van der Waals surface area contributed by atoms with Crippen LogP contribution in [0, 0.1) is 0 Å². The van der Waals surface area contributed by atoms with Gasteiger partial charge in [0.25, 0.3) is 0 Å². The first-order valence-corrected chi connectivity index (χ1v) is 7.82. The smallest absolute Gasteiger partial charge is 0.242 e. The van der Waals surface area contributed by atoms with Crippen LogP contribution in [0.5, 0.6) is 0 Å². The lowest BCUT2D eigenvalue weighted by Gasteiger charge is -2.16. The van der Waals surface area contributed by atoms with Gasteiger partial charge in [0.15, 0.2) is 5.11 Å². The molecular formula is C17H21N3O2S. The highest BCUT2D eigenvalue weighted by molar-refractivity contribution is 7.80. The molecule has 0 radical (unpaired) electrons. The summed E-state index contributed by atoms with van der Waals surface area (Å²) in [7, 11) is 1.63. The third kappa shape index (κ3) is 5.19. The molecular weight excluding hydrogens is 310 g/mol. The van der Waals surface area contributed by atoms with E-state index in [1.165, 1.54) is 0 Å². The Balaban J connectivity index is 1.88. The average Bonchev–Trinajstić information content (AvgIpc) is 2.53. The molecule has 0 saturated heterocycles. The van der Waals surface area contributed by atoms with Crippen molar-refractivity contribution >= 4 is 34.0 Å². The van der Waals surface area contributed by atoms with E-state index in [1.807, 2.05) is 49.4 Å². The molecule has 1 atom stereocenters. The molecule has 5 nitrogen and oxygen atoms in total. The maximum Gasteiger partial charge on any atom is 0.242 e. The molecule has 0 spiro atoms. The summed E-state index contributed by atoms with van der Waals surface area (Å²) >= 11 is 5.11. The molecule has 0 fully saturated rings. The number of rotatable bonds is 5. The molecule has 0 aliphatic carbocycles. The molecule has 0 aliphatic rings. The van der Waals surface area contributed by atoms with Gasteiger partial charge in [-0.1, -0.05) is 42.5 Å². The molecule has 0 unspecified atom stereocenters. The van der Waals surface area contributed by atoms with Gasteiger partial charge in [0.2, 0.25) is 5.91 Å². The van der Waals surface area contributed by atoms with Crippen molar-refractivity contribution in [3.63, 3.8) is 0 Å². The molecule has 2 aromatic rings. The summed E-state index contributed by atoms with van der Waals surface area (Å²) in [5, 5.41) is 5.58. The Morgan fingerprint density at radius 3 is 2.70 bits per heavy atom. The maximum atomic E-state index is 12.1. The fourth-order valence-electron chi connectivity index (χ4n) is 2.34. The van der Waals surface area contributed by atoms with Gasteiger partial charge in [0.1, 0.15) is 0 Å². The molecule has 23 heavy (non-hydrogen) atoms. The third-order valence-electron chi connectivity index (χ3n) is 3.34. The fourth-order valence-corrected chi connectivity index (χ4v) is 2.59. The zero-order chi connectivity index (χ0) is 16.7. The van der Waals surface area contributed by atoms with E-state index in [9.17, 15) is 4.79 Å². The van der Waals surface area contributed by atoms with Crippen LogP contribution in [0.1, 0.15) is 12.5 Å². The normalized spacial score (nSPS) is 11.7. The number of ether oxygens (including phenoxy) is 1. The van der Waals surface area contributed by atoms with Crippen LogP contribution in [0.3, 0.4) is 0 Å². The van der Waals surface area contributed by atoms with Crippen molar-refractivity contribution in [2.45, 2.75) is 19.4 Å². The summed E-state index contributed by atoms with van der Waals surface area (Å²) in [5.74, 6) is -0.148. The lowest BCUT2D eigenvalue weighted by atomic mass is 10.0. The number of nitrogens with one attached hydrogen (secondary N) is 3. The summed E-state index contributed by atoms with van der Waals surface area (Å²) in [5.41, 5.74) is 6.30. The Morgan fingerprint density at radius 2 is 1.91 bits per heavy atom. The number of hydrogen-bond acceptors (Lipinski definition) is 3. The summed E-state index contributed by atoms with van der Waals surface area (Å²) in [6.45, 7) is 2.47. The zero-order valence-electron chi connectivity index (χ0n) is 13.3. The van der Waals surface area contributed by atoms with Crippen molar-refractivity contribution in [2.24, 2.45) is 0 Å². The number of amides is 1. The quantitative estimate of drug-likeness (QED) is 0.577. The summed E-state index contributed by atoms with van der Waals surface area (Å²) < 4.78 is 5.01. The van der Waals surface area contributed by atoms with Crippen LogP contribution < -0.4 is 16.2 Å². The number of benzene rings is 2. The van der Waals surface area contributed by atoms with Crippen molar-refractivity contribution in [1.82, 2.24) is 16.2 Å². The molecule has 2 rings (SSSR count). The lowest BCUT2D eigenvalue weighted by molar-refractivity contribution is -0.121. The van der Waals surface area contributed by atoms with E-state index in [0.29, 0.717) is 11.7 Å². The van der Waals surface area contributed by atoms with Crippen molar-refractivity contribution in [3.8, 4) is 0 Å². The van der Waals surface area contributed by atoms with Crippen molar-refractivity contribution in [1.29, 1.82) is 0 Å². The minimum atomic E-state index is -0.148. The number of thiocarbonyl (C=S) groups is 1. The highest BCUT2D eigenvalue weighted by atomic mass is 32.1. The SMILES string of the molecule is COC[C@@H](C)NC(=S)NNC(=O)Cc1cccc2ccccc12. The Morgan fingerprint density at radius 1 is 1.17 bits per heavy atom. The molecule has 1 amide bonds. The largest absolute Gasteiger partial charge is 0.383 e. The van der Waals surface area contributed by atoms with Gasteiger partial charge in [0, 0.05) is 13.2 Å². The zero-order valence-corrected chi connectivity index (χ0v) is 14.1. The molecule has 0 aromatic heterocycles. The average molecular weight is 331 g/mol. The number of methoxy groups -OCH3 is 1. The van der Waals surface area contributed by atoms with E-state index in [1.54, 1.807) is 7.11 Å². The predicted octanol–water partition coefficient (Wildman–Crippen LogP) is 1.91. The predicted molar refractivity (Wildman–Crippen MR) is 96.0 cm³/mol. The van der Waals surface area contributed by atoms with Crippen LogP contribution in [0.25, 0.3) is 10.8 Å². The Bertz CT molecular complexity index is 685. The highest BCUT2D eigenvalue weighted by Crippen LogP contribution is 2.18. The molecule has 0 heterocycles. The summed E-state index contributed by atoms with van der Waals surface area (Å²) in [6, 6.07) is 14.0. The Hall–Kier alpha value is -2.18. The lowest BCUT2D eigenvalue weighted by Crippen LogP contribution is -2.50. The highest BCUT2D eigenvalue weighted by Gasteiger charge is 2.08. The molecule has 0 bridgehead atoms. The topological polar surface area (TPSA) is 62.4 Å². The van der Waals surface area contributed by atoms with E-state index in [2.05, 4.69) is 16.2 Å². The van der Waals surface area contributed by atoms with Gasteiger partial charge in [-0.25, -0.2) is 0 Å². The Labute approximate surface area is 141 Å². The first-order chi connectivity index (χ1) is 11.1. The van der Waals surface area contributed by atoms with Crippen LogP contribution in [-0.4, -0.2) is 30.8 Å². The van der Waals surface area contributed by atoms with Crippen molar-refractivity contribution in [3.05, 3.63) is 48.0 Å². The maximum absolute atomic E-state index is 12.1. The molecule has 0 saturated carbocycles. The number of hydrogen-bond donors (Lipinski definition) is 3. The monoisotopic (exact) mass is 331 g/mol. The van der Waals surface area contributed by atoms with Gasteiger partial charge in [-0.05, 0) is 35.5 Å². The second-order valence-corrected chi connectivity index (χ2v) is 5.73. The fraction of sp³-hybridized carbons (Fsp3) is 0.294. The standard InChI is InChI=1S/C17H21N3O2S/c1-12(11-22-2)18-17(23)20-19-16(21)10-14-8-5-7-13-6-3-4-9-15(13)14/h3-9,12H,10-11H2,1-2H3,(H,19,21)(H2,18,20,23)/t12-/m1/s1. The van der Waals surface area contributed by atoms with Gasteiger partial charge >= 0.3 is 0 Å². The van der Waals surface area contributed by atoms with Crippen LogP contribution in [0.15, 0.2) is 42.5 Å². The second kappa shape index (κ2) is 8.45. The minimum absolute atomic E-state index is 0.0648. The molecule has 6 heteroatoms. The summed E-state index contributed by atoms with van der Waals surface area (Å²) in [6.07, 6.45) is 0.282. The first-order valence-electron chi connectivity index (χ1n) is 7.41. The second-order valence-electron chi connectivity index (χ2n) is 5.32. The van der Waals surface area contributed by atoms with Crippen LogP contribution in [0.2, 0.25) is 0 Å². The molecule has 0 aliphatic heterocycles. The summed E-state index contributed by atoms with van der Waals surface area (Å²) in [4.78, 5) is 12.1. The van der Waals surface area contributed by atoms with Crippen molar-refractivity contribution < 1.29 is 9.53 Å². The third-order valence-corrected chi connectivity index (χ3v) is 3.56. The Kier molecular flexibility index (Phi) is 6.31. The number of carbonyl (C=O) groups excluding carboxylic acids is 1. The number of fused-ring (bicyclic) bond motifs is 1. The van der Waals surface area contributed by atoms with E-state index in [4.69, 9.17) is 17.0 Å². The van der Waals surface area contributed by atoms with Gasteiger partial charge in [-0.3, -0.25) is 15.6 Å². The van der Waals surface area contributed by atoms with Gasteiger partial charge in [-0.2, -0.15) is 0 Å². The van der Waals surface area contributed by atoms with Gasteiger partial charge < -0.3 is 10.1 Å². The van der Waals surface area contributed by atoms with Crippen LogP contribution in [-0.2, 0) is 16.0 Å². The van der Waals surface area contributed by atoms with Gasteiger partial charge in [-0.15, -0.1) is 0 Å². The number of hydrazine groups is 1. The first kappa shape index (κ1) is 17.2.